The summed E-state index contributed by atoms with van der Waals surface area (Å²) in [6.45, 7) is 5.04. The Morgan fingerprint density at radius 3 is 2.97 bits per heavy atom. The fraction of sp³-hybridized carbons (Fsp3) is 0.583. The van der Waals surface area contributed by atoms with E-state index in [2.05, 4.69) is 6.92 Å². The lowest BCUT2D eigenvalue weighted by Gasteiger charge is -2.47. The number of hydrogen-bond donors (Lipinski definition) is 1. The van der Waals surface area contributed by atoms with Crippen molar-refractivity contribution in [2.24, 2.45) is 5.92 Å². The van der Waals surface area contributed by atoms with E-state index in [1.807, 2.05) is 24.0 Å². The quantitative estimate of drug-likeness (QED) is 0.758. The molecule has 6 heteroatoms. The summed E-state index contributed by atoms with van der Waals surface area (Å²) in [5.74, 6) is 0.653. The van der Waals surface area contributed by atoms with Crippen molar-refractivity contribution >= 4 is 16.9 Å². The van der Waals surface area contributed by atoms with E-state index in [0.717, 1.165) is 55.0 Å². The molecule has 1 aliphatic heterocycles. The lowest BCUT2D eigenvalue weighted by atomic mass is 9.71. The van der Waals surface area contributed by atoms with Crippen molar-refractivity contribution in [3.05, 3.63) is 39.7 Å². The van der Waals surface area contributed by atoms with Crippen LogP contribution in [-0.4, -0.2) is 41.2 Å². The molecule has 0 radical (unpaired) electrons. The number of aliphatic hydroxyl groups is 1. The number of rotatable bonds is 5. The molecule has 1 N–H and O–H groups in total. The van der Waals surface area contributed by atoms with Gasteiger partial charge in [-0.1, -0.05) is 26.2 Å². The van der Waals surface area contributed by atoms with Gasteiger partial charge in [-0.2, -0.15) is 0 Å². The summed E-state index contributed by atoms with van der Waals surface area (Å²) in [4.78, 5) is 26.6. The van der Waals surface area contributed by atoms with Crippen molar-refractivity contribution in [2.75, 3.05) is 19.7 Å². The Bertz CT molecular complexity index is 997. The maximum absolute atomic E-state index is 12.8. The number of carbonyl (C=O) groups is 1. The van der Waals surface area contributed by atoms with Crippen LogP contribution in [0.4, 0.5) is 0 Å². The molecular formula is C24H31NO5. The molecule has 0 bridgehead atoms. The average Bonchev–Trinajstić information content (AvgIpc) is 2.73. The number of piperidine rings is 1. The van der Waals surface area contributed by atoms with Gasteiger partial charge in [-0.25, -0.2) is 4.79 Å². The van der Waals surface area contributed by atoms with Crippen molar-refractivity contribution in [1.82, 2.24) is 4.90 Å². The van der Waals surface area contributed by atoms with E-state index >= 15 is 0 Å². The van der Waals surface area contributed by atoms with Crippen LogP contribution in [0, 0.1) is 12.8 Å². The first kappa shape index (κ1) is 20.9. The number of benzene rings is 1. The zero-order valence-corrected chi connectivity index (χ0v) is 17.9. The second kappa shape index (κ2) is 8.42. The normalized spacial score (nSPS) is 24.0. The molecule has 1 aliphatic carbocycles. The summed E-state index contributed by atoms with van der Waals surface area (Å²) in [6, 6.07) is 5.30. The summed E-state index contributed by atoms with van der Waals surface area (Å²) in [5, 5.41) is 11.7. The van der Waals surface area contributed by atoms with Gasteiger partial charge in [0.1, 0.15) is 11.3 Å². The lowest BCUT2D eigenvalue weighted by molar-refractivity contribution is -0.145. The highest BCUT2D eigenvalue weighted by atomic mass is 16.5. The summed E-state index contributed by atoms with van der Waals surface area (Å²) >= 11 is 0. The molecular weight excluding hydrogens is 382 g/mol. The Balaban J connectivity index is 1.46. The van der Waals surface area contributed by atoms with E-state index < -0.39 is 5.60 Å². The van der Waals surface area contributed by atoms with Gasteiger partial charge in [0.05, 0.1) is 5.60 Å². The molecule has 2 aliphatic rings. The Kier molecular flexibility index (Phi) is 5.87. The first-order valence-electron chi connectivity index (χ1n) is 11.1. The monoisotopic (exact) mass is 413 g/mol. The lowest BCUT2D eigenvalue weighted by Crippen LogP contribution is -2.55. The van der Waals surface area contributed by atoms with E-state index in [-0.39, 0.29) is 24.1 Å². The maximum Gasteiger partial charge on any atom is 0.336 e. The number of hydrogen-bond acceptors (Lipinski definition) is 5. The molecule has 4 rings (SSSR count). The SMILES string of the molecule is CCCc1cc(=O)oc2c(C)c(OCC(=O)N3CCC4(O)CCCCC4C3)ccc12. The van der Waals surface area contributed by atoms with E-state index in [0.29, 0.717) is 30.8 Å². The van der Waals surface area contributed by atoms with Crippen molar-refractivity contribution in [3.8, 4) is 5.75 Å². The predicted molar refractivity (Wildman–Crippen MR) is 115 cm³/mol. The van der Waals surface area contributed by atoms with Crippen molar-refractivity contribution < 1.29 is 19.1 Å². The van der Waals surface area contributed by atoms with Gasteiger partial charge in [-0.05, 0) is 50.3 Å². The number of carbonyl (C=O) groups excluding carboxylic acids is 1. The molecule has 1 amide bonds. The van der Waals surface area contributed by atoms with Crippen LogP contribution >= 0.6 is 0 Å². The second-order valence-corrected chi connectivity index (χ2v) is 8.83. The third-order valence-electron chi connectivity index (χ3n) is 6.85. The summed E-state index contributed by atoms with van der Waals surface area (Å²) in [6.07, 6.45) is 6.40. The van der Waals surface area contributed by atoms with Crippen LogP contribution in [0.15, 0.2) is 27.4 Å². The van der Waals surface area contributed by atoms with Gasteiger partial charge in [-0.15, -0.1) is 0 Å². The van der Waals surface area contributed by atoms with Crippen molar-refractivity contribution in [3.63, 3.8) is 0 Å². The van der Waals surface area contributed by atoms with Crippen LogP contribution in [-0.2, 0) is 11.2 Å². The standard InChI is InChI=1S/C24H31NO5/c1-3-6-17-13-22(27)30-23-16(2)20(9-8-19(17)23)29-15-21(26)25-12-11-24(28)10-5-4-7-18(24)14-25/h8-9,13,18,28H,3-7,10-12,14-15H2,1-2H3. The first-order chi connectivity index (χ1) is 14.4. The molecule has 2 fully saturated rings. The Hall–Kier alpha value is -2.34. The number of amides is 1. The first-order valence-corrected chi connectivity index (χ1v) is 11.1. The van der Waals surface area contributed by atoms with Gasteiger partial charge in [0.25, 0.3) is 5.91 Å². The Labute approximate surface area is 176 Å². The van der Waals surface area contributed by atoms with Crippen molar-refractivity contribution in [2.45, 2.75) is 64.4 Å². The minimum absolute atomic E-state index is 0.0591. The molecule has 6 nitrogen and oxygen atoms in total. The molecule has 2 unspecified atom stereocenters. The van der Waals surface area contributed by atoms with Crippen molar-refractivity contribution in [1.29, 1.82) is 0 Å². The number of fused-ring (bicyclic) bond motifs is 2. The van der Waals surface area contributed by atoms with E-state index in [4.69, 9.17) is 9.15 Å². The maximum atomic E-state index is 12.8. The van der Waals surface area contributed by atoms with Crippen LogP contribution in [0.3, 0.4) is 0 Å². The van der Waals surface area contributed by atoms with E-state index in [1.165, 1.54) is 0 Å². The molecule has 1 aromatic carbocycles. The fourth-order valence-corrected chi connectivity index (χ4v) is 5.07. The van der Waals surface area contributed by atoms with Crippen LogP contribution in [0.5, 0.6) is 5.75 Å². The smallest absolute Gasteiger partial charge is 0.336 e. The number of nitrogens with zero attached hydrogens (tertiary/aromatic N) is 1. The van der Waals surface area contributed by atoms with Gasteiger partial charge in [0.15, 0.2) is 6.61 Å². The molecule has 30 heavy (non-hydrogen) atoms. The van der Waals surface area contributed by atoms with E-state index in [9.17, 15) is 14.7 Å². The summed E-state index contributed by atoms with van der Waals surface area (Å²) in [7, 11) is 0. The number of likely N-dealkylation sites (tertiary alicyclic amines) is 1. The Morgan fingerprint density at radius 1 is 1.33 bits per heavy atom. The van der Waals surface area contributed by atoms with Crippen LogP contribution in [0.25, 0.3) is 11.0 Å². The minimum Gasteiger partial charge on any atom is -0.483 e. The predicted octanol–water partition coefficient (Wildman–Crippen LogP) is 3.59. The van der Waals surface area contributed by atoms with Gasteiger partial charge in [0.2, 0.25) is 0 Å². The fourth-order valence-electron chi connectivity index (χ4n) is 5.07. The van der Waals surface area contributed by atoms with Gasteiger partial charge in [-0.3, -0.25) is 4.79 Å². The molecule has 162 valence electrons. The zero-order chi connectivity index (χ0) is 21.3. The largest absolute Gasteiger partial charge is 0.483 e. The molecule has 2 atom stereocenters. The second-order valence-electron chi connectivity index (χ2n) is 8.83. The van der Waals surface area contributed by atoms with Gasteiger partial charge >= 0.3 is 5.63 Å². The van der Waals surface area contributed by atoms with Gasteiger partial charge in [0, 0.05) is 36.0 Å². The van der Waals surface area contributed by atoms with E-state index in [1.54, 1.807) is 6.07 Å². The summed E-state index contributed by atoms with van der Waals surface area (Å²) < 4.78 is 11.3. The highest BCUT2D eigenvalue weighted by Gasteiger charge is 2.43. The average molecular weight is 414 g/mol. The van der Waals surface area contributed by atoms with Crippen LogP contribution in [0.2, 0.25) is 0 Å². The Morgan fingerprint density at radius 2 is 2.17 bits per heavy atom. The number of ether oxygens (including phenoxy) is 1. The molecule has 1 saturated carbocycles. The topological polar surface area (TPSA) is 80.0 Å². The number of aryl methyl sites for hydroxylation is 2. The molecule has 0 spiro atoms. The zero-order valence-electron chi connectivity index (χ0n) is 17.9. The van der Waals surface area contributed by atoms with Crippen LogP contribution < -0.4 is 10.4 Å². The highest BCUT2D eigenvalue weighted by molar-refractivity contribution is 5.85. The molecule has 1 aromatic heterocycles. The minimum atomic E-state index is -0.599. The molecule has 2 heterocycles. The van der Waals surface area contributed by atoms with Gasteiger partial charge < -0.3 is 19.2 Å². The molecule has 1 saturated heterocycles. The van der Waals surface area contributed by atoms with Crippen LogP contribution in [0.1, 0.15) is 56.6 Å². The molecule has 2 aromatic rings. The highest BCUT2D eigenvalue weighted by Crippen LogP contribution is 2.39. The third-order valence-corrected chi connectivity index (χ3v) is 6.85. The third kappa shape index (κ3) is 3.97. The summed E-state index contributed by atoms with van der Waals surface area (Å²) in [5.41, 5.74) is 1.27.